The summed E-state index contributed by atoms with van der Waals surface area (Å²) in [4.78, 5) is 18.0. The summed E-state index contributed by atoms with van der Waals surface area (Å²) in [5, 5.41) is 15.1. The van der Waals surface area contributed by atoms with Crippen molar-refractivity contribution in [2.75, 3.05) is 6.54 Å². The molecule has 1 aromatic carbocycles. The smallest absolute Gasteiger partial charge is 0.106 e. The largest absolute Gasteiger partial charge is 0.388 e. The lowest BCUT2D eigenvalue weighted by Crippen LogP contribution is -2.48. The highest BCUT2D eigenvalue weighted by molar-refractivity contribution is 5.25. The van der Waals surface area contributed by atoms with Gasteiger partial charge in [0.2, 0.25) is 0 Å². The van der Waals surface area contributed by atoms with E-state index < -0.39 is 6.10 Å². The van der Waals surface area contributed by atoms with E-state index in [1.807, 2.05) is 12.4 Å². The monoisotopic (exact) mass is 532 g/mol. The first-order chi connectivity index (χ1) is 19.2. The average molecular weight is 533 g/mol. The summed E-state index contributed by atoms with van der Waals surface area (Å²) in [7, 11) is 0. The van der Waals surface area contributed by atoms with Crippen LogP contribution in [0, 0.1) is 5.92 Å². The Labute approximate surface area is 234 Å². The lowest BCUT2D eigenvalue weighted by molar-refractivity contribution is 0.0746. The van der Waals surface area contributed by atoms with Crippen molar-refractivity contribution in [1.29, 1.82) is 0 Å². The standard InChI is InChI=1S/C32H48N6O/c1-2-20-38(28-6-4-3-5-7-28)29-14-12-27(13-15-29)37-23-24-8-10-25(11-9-24)32(39)26(21-30-33-16-17-34-30)22-31-35-18-19-36-31/h8-11,16-19,26-29,32,37,39H,2-7,12-15,20-23H2,1H3,(H,33,34)(H,35,36). The van der Waals surface area contributed by atoms with E-state index in [0.717, 1.165) is 35.8 Å². The van der Waals surface area contributed by atoms with Crippen LogP contribution in [0.1, 0.15) is 100 Å². The zero-order valence-electron chi connectivity index (χ0n) is 23.7. The van der Waals surface area contributed by atoms with E-state index in [4.69, 9.17) is 0 Å². The van der Waals surface area contributed by atoms with E-state index in [1.54, 1.807) is 12.4 Å². The normalized spacial score (nSPS) is 21.5. The van der Waals surface area contributed by atoms with Gasteiger partial charge in [-0.3, -0.25) is 4.90 Å². The first kappa shape index (κ1) is 28.1. The molecule has 2 aliphatic carbocycles. The number of nitrogens with one attached hydrogen (secondary N) is 3. The van der Waals surface area contributed by atoms with Gasteiger partial charge in [-0.25, -0.2) is 9.97 Å². The molecule has 0 aliphatic heterocycles. The van der Waals surface area contributed by atoms with E-state index in [0.29, 0.717) is 18.9 Å². The summed E-state index contributed by atoms with van der Waals surface area (Å²) >= 11 is 0. The Bertz CT molecular complexity index is 1020. The second-order valence-electron chi connectivity index (χ2n) is 11.8. The molecule has 2 aromatic heterocycles. The van der Waals surface area contributed by atoms with Crippen LogP contribution in [0.25, 0.3) is 0 Å². The van der Waals surface area contributed by atoms with Crippen LogP contribution in [0.4, 0.5) is 0 Å². The minimum absolute atomic E-state index is 0.0256. The van der Waals surface area contributed by atoms with E-state index >= 15 is 0 Å². The fraction of sp³-hybridized carbons (Fsp3) is 0.625. The zero-order valence-corrected chi connectivity index (χ0v) is 23.7. The van der Waals surface area contributed by atoms with Crippen molar-refractivity contribution in [3.63, 3.8) is 0 Å². The number of aromatic amines is 2. The van der Waals surface area contributed by atoms with Crippen LogP contribution in [-0.2, 0) is 19.4 Å². The molecule has 0 radical (unpaired) electrons. The molecule has 0 spiro atoms. The van der Waals surface area contributed by atoms with Crippen LogP contribution < -0.4 is 5.32 Å². The number of aromatic nitrogens is 4. The number of aliphatic hydroxyl groups excluding tert-OH is 1. The van der Waals surface area contributed by atoms with E-state index in [-0.39, 0.29) is 5.92 Å². The van der Waals surface area contributed by atoms with Gasteiger partial charge in [0, 0.05) is 68.2 Å². The molecule has 212 valence electrons. The van der Waals surface area contributed by atoms with Gasteiger partial charge in [-0.05, 0) is 62.6 Å². The maximum absolute atomic E-state index is 11.3. The van der Waals surface area contributed by atoms with Gasteiger partial charge in [0.15, 0.2) is 0 Å². The second kappa shape index (κ2) is 14.2. The number of rotatable bonds is 13. The number of benzene rings is 1. The van der Waals surface area contributed by atoms with Gasteiger partial charge in [0.05, 0.1) is 6.10 Å². The fourth-order valence-electron chi connectivity index (χ4n) is 6.92. The zero-order chi connectivity index (χ0) is 26.9. The molecule has 1 atom stereocenters. The number of hydrogen-bond acceptors (Lipinski definition) is 5. The van der Waals surface area contributed by atoms with Crippen molar-refractivity contribution < 1.29 is 5.11 Å². The van der Waals surface area contributed by atoms with Crippen LogP contribution in [0.3, 0.4) is 0 Å². The Kier molecular flexibility index (Phi) is 10.2. The molecule has 0 saturated heterocycles. The van der Waals surface area contributed by atoms with Crippen molar-refractivity contribution in [2.24, 2.45) is 5.92 Å². The molecule has 5 rings (SSSR count). The Morgan fingerprint density at radius 2 is 1.49 bits per heavy atom. The van der Waals surface area contributed by atoms with Crippen LogP contribution in [0.15, 0.2) is 49.1 Å². The molecule has 2 saturated carbocycles. The topological polar surface area (TPSA) is 92.9 Å². The fourth-order valence-corrected chi connectivity index (χ4v) is 6.92. The molecule has 4 N–H and O–H groups in total. The minimum Gasteiger partial charge on any atom is -0.388 e. The lowest BCUT2D eigenvalue weighted by Gasteiger charge is -2.43. The molecule has 1 unspecified atom stereocenters. The third kappa shape index (κ3) is 7.80. The van der Waals surface area contributed by atoms with Crippen LogP contribution in [-0.4, -0.2) is 54.6 Å². The van der Waals surface area contributed by atoms with Crippen molar-refractivity contribution in [3.05, 3.63) is 71.8 Å². The highest BCUT2D eigenvalue weighted by Crippen LogP contribution is 2.31. The number of H-pyrrole nitrogens is 2. The van der Waals surface area contributed by atoms with E-state index in [2.05, 4.69) is 61.3 Å². The van der Waals surface area contributed by atoms with Gasteiger partial charge < -0.3 is 20.4 Å². The summed E-state index contributed by atoms with van der Waals surface area (Å²) in [6.07, 6.45) is 21.5. The van der Waals surface area contributed by atoms with Crippen molar-refractivity contribution in [1.82, 2.24) is 30.2 Å². The summed E-state index contributed by atoms with van der Waals surface area (Å²) < 4.78 is 0. The number of nitrogens with zero attached hydrogens (tertiary/aromatic N) is 3. The van der Waals surface area contributed by atoms with Gasteiger partial charge in [-0.2, -0.15) is 0 Å². The quantitative estimate of drug-likeness (QED) is 0.226. The maximum atomic E-state index is 11.3. The number of aliphatic hydroxyl groups is 1. The first-order valence-electron chi connectivity index (χ1n) is 15.4. The van der Waals surface area contributed by atoms with Crippen molar-refractivity contribution in [2.45, 2.75) is 115 Å². The molecule has 0 amide bonds. The van der Waals surface area contributed by atoms with Gasteiger partial charge in [-0.1, -0.05) is 50.5 Å². The van der Waals surface area contributed by atoms with Gasteiger partial charge in [0.25, 0.3) is 0 Å². The molecule has 2 fully saturated rings. The Morgan fingerprint density at radius 3 is 2.05 bits per heavy atom. The molecule has 2 aliphatic rings. The molecule has 0 bridgehead atoms. The summed E-state index contributed by atoms with van der Waals surface area (Å²) in [6, 6.07) is 10.7. The average Bonchev–Trinajstić information content (AvgIpc) is 3.70. The van der Waals surface area contributed by atoms with Crippen molar-refractivity contribution in [3.8, 4) is 0 Å². The molecule has 2 heterocycles. The van der Waals surface area contributed by atoms with E-state index in [9.17, 15) is 5.11 Å². The summed E-state index contributed by atoms with van der Waals surface area (Å²) in [6.45, 7) is 4.50. The molecule has 7 heteroatoms. The van der Waals surface area contributed by atoms with Crippen LogP contribution in [0.2, 0.25) is 0 Å². The molecule has 7 nitrogen and oxygen atoms in total. The highest BCUT2D eigenvalue weighted by Gasteiger charge is 2.30. The maximum Gasteiger partial charge on any atom is 0.106 e. The van der Waals surface area contributed by atoms with Crippen LogP contribution >= 0.6 is 0 Å². The second-order valence-corrected chi connectivity index (χ2v) is 11.8. The third-order valence-electron chi connectivity index (χ3n) is 9.07. The lowest BCUT2D eigenvalue weighted by atomic mass is 9.86. The SMILES string of the molecule is CCCN(C1CCCCC1)C1CCC(NCc2ccc(C(O)C(Cc3ncc[nH]3)Cc3ncc[nH]3)cc2)CC1. The predicted octanol–water partition coefficient (Wildman–Crippen LogP) is 5.71. The summed E-state index contributed by atoms with van der Waals surface area (Å²) in [5.41, 5.74) is 2.22. The predicted molar refractivity (Wildman–Crippen MR) is 156 cm³/mol. The first-order valence-corrected chi connectivity index (χ1v) is 15.4. The van der Waals surface area contributed by atoms with Crippen molar-refractivity contribution >= 4 is 0 Å². The molecular weight excluding hydrogens is 484 g/mol. The number of imidazole rings is 2. The van der Waals surface area contributed by atoms with Gasteiger partial charge in [0.1, 0.15) is 11.6 Å². The molecule has 3 aromatic rings. The van der Waals surface area contributed by atoms with Gasteiger partial charge in [-0.15, -0.1) is 0 Å². The molecule has 39 heavy (non-hydrogen) atoms. The third-order valence-corrected chi connectivity index (χ3v) is 9.07. The Hall–Kier alpha value is -2.48. The molecular formula is C32H48N6O. The van der Waals surface area contributed by atoms with E-state index in [1.165, 1.54) is 76.3 Å². The van der Waals surface area contributed by atoms with Crippen LogP contribution in [0.5, 0.6) is 0 Å². The highest BCUT2D eigenvalue weighted by atomic mass is 16.3. The van der Waals surface area contributed by atoms with Gasteiger partial charge >= 0.3 is 0 Å². The number of hydrogen-bond donors (Lipinski definition) is 4. The summed E-state index contributed by atoms with van der Waals surface area (Å²) in [5.74, 6) is 1.75. The Balaban J connectivity index is 1.11. The Morgan fingerprint density at radius 1 is 0.872 bits per heavy atom. The minimum atomic E-state index is -0.590.